The Labute approximate surface area is 672 Å². The number of halogens is 9. The van der Waals surface area contributed by atoms with Crippen molar-refractivity contribution in [1.29, 1.82) is 10.5 Å². The molecule has 4 aliphatic rings. The summed E-state index contributed by atoms with van der Waals surface area (Å²) in [6.45, 7) is 21.3. The second-order valence-electron chi connectivity index (χ2n) is 29.2. The van der Waals surface area contributed by atoms with E-state index in [9.17, 15) is 46.9 Å². The molecule has 4 saturated heterocycles. The van der Waals surface area contributed by atoms with Crippen molar-refractivity contribution in [2.45, 2.75) is 129 Å². The molecule has 31 heteroatoms. The number of nitrogens with one attached hydrogen (secondary N) is 2. The van der Waals surface area contributed by atoms with E-state index in [1.54, 1.807) is 50.5 Å². The number of nitriles is 2. The summed E-state index contributed by atoms with van der Waals surface area (Å²) in [6, 6.07) is 33.1. The maximum Gasteiger partial charge on any atom is 0.497 e. The summed E-state index contributed by atoms with van der Waals surface area (Å²) in [4.78, 5) is 47.7. The van der Waals surface area contributed by atoms with E-state index in [0.29, 0.717) is 78.6 Å². The molecule has 2 N–H and O–H groups in total. The fourth-order valence-electron chi connectivity index (χ4n) is 12.2. The van der Waals surface area contributed by atoms with Crippen molar-refractivity contribution in [2.75, 3.05) is 51.2 Å². The van der Waals surface area contributed by atoms with E-state index in [2.05, 4.69) is 37.7 Å². The highest BCUT2D eigenvalue weighted by atomic mass is 127. The molecule has 113 heavy (non-hydrogen) atoms. The fraction of sp³-hybridized carbons (Fsp3) is 0.317. The minimum absolute atomic E-state index is 0.0112. The van der Waals surface area contributed by atoms with Crippen LogP contribution in [0.3, 0.4) is 0 Å². The number of aromatic nitrogens is 3. The first-order valence-corrected chi connectivity index (χ1v) is 37.6. The van der Waals surface area contributed by atoms with Crippen LogP contribution in [0, 0.1) is 61.3 Å². The number of benzene rings is 5. The van der Waals surface area contributed by atoms with Gasteiger partial charge in [0.15, 0.2) is 49.5 Å². The van der Waals surface area contributed by atoms with Crippen LogP contribution in [-0.4, -0.2) is 127 Å². The van der Waals surface area contributed by atoms with Gasteiger partial charge in [0, 0.05) is 93.0 Å². The molecule has 4 fully saturated rings. The summed E-state index contributed by atoms with van der Waals surface area (Å²) in [5, 5.41) is 25.9. The quantitative estimate of drug-likeness (QED) is 0.0498. The van der Waals surface area contributed by atoms with E-state index in [-0.39, 0.29) is 95.3 Å². The zero-order chi connectivity index (χ0) is 81.8. The highest BCUT2D eigenvalue weighted by molar-refractivity contribution is 14.1. The van der Waals surface area contributed by atoms with Gasteiger partial charge in [-0.1, -0.05) is 53.5 Å². The van der Waals surface area contributed by atoms with Crippen molar-refractivity contribution in [3.05, 3.63) is 204 Å². The second-order valence-corrected chi connectivity index (χ2v) is 31.0. The lowest BCUT2D eigenvalue weighted by atomic mass is 9.78. The Hall–Kier alpha value is -9.66. The first-order valence-electron chi connectivity index (χ1n) is 35.8. The number of amides is 1. The van der Waals surface area contributed by atoms with Gasteiger partial charge in [0.2, 0.25) is 0 Å². The van der Waals surface area contributed by atoms with Crippen LogP contribution in [0.2, 0.25) is 10.0 Å². The monoisotopic (exact) mass is 1700 g/mol. The maximum atomic E-state index is 15.0. The third kappa shape index (κ3) is 19.1. The molecule has 0 saturated carbocycles. The molecule has 20 nitrogen and oxygen atoms in total. The molecule has 0 atom stereocenters. The number of carbonyl (C=O) groups excluding carboxylic acids is 3. The smallest absolute Gasteiger partial charge is 0.453 e. The second kappa shape index (κ2) is 35.0. The van der Waals surface area contributed by atoms with Gasteiger partial charge in [-0.3, -0.25) is 14.4 Å². The van der Waals surface area contributed by atoms with E-state index in [1.165, 1.54) is 61.2 Å². The van der Waals surface area contributed by atoms with Gasteiger partial charge in [-0.05, 0) is 189 Å². The number of ketones is 2. The number of hydrogen-bond acceptors (Lipinski definition) is 19. The Balaban J connectivity index is 0.000000145. The van der Waals surface area contributed by atoms with Crippen molar-refractivity contribution in [3.63, 3.8) is 0 Å². The minimum Gasteiger partial charge on any atom is -0.453 e. The third-order valence-corrected chi connectivity index (χ3v) is 21.3. The molecule has 6 aromatic heterocycles. The third-order valence-electron chi connectivity index (χ3n) is 20.1. The Bertz CT molecular complexity index is 5490. The van der Waals surface area contributed by atoms with Gasteiger partial charge in [-0.2, -0.15) is 10.5 Å². The topological polar surface area (TPSA) is 260 Å². The number of fused-ring (bicyclic) bond motifs is 3. The lowest BCUT2D eigenvalue weighted by molar-refractivity contribution is 0.00578. The average Bonchev–Trinajstić information content (AvgIpc) is 1.66. The van der Waals surface area contributed by atoms with E-state index in [1.807, 2.05) is 96.2 Å². The van der Waals surface area contributed by atoms with Crippen LogP contribution in [0.25, 0.3) is 67.1 Å². The van der Waals surface area contributed by atoms with Gasteiger partial charge in [0.1, 0.15) is 67.7 Å². The van der Waals surface area contributed by atoms with Crippen molar-refractivity contribution in [3.8, 4) is 45.9 Å². The van der Waals surface area contributed by atoms with Gasteiger partial charge >= 0.3 is 14.2 Å². The summed E-state index contributed by atoms with van der Waals surface area (Å²) in [7, 11) is 2.04. The van der Waals surface area contributed by atoms with E-state index < -0.39 is 60.3 Å². The fourth-order valence-corrected chi connectivity index (χ4v) is 13.1. The number of carbonyl (C=O) groups is 3. The molecular weight excluding hydrogens is 1620 g/mol. The number of pyridine rings is 3. The Morgan fingerprint density at radius 2 is 0.920 bits per heavy atom. The lowest BCUT2D eigenvalue weighted by Crippen LogP contribution is -2.41. The Morgan fingerprint density at radius 3 is 1.38 bits per heavy atom. The van der Waals surface area contributed by atoms with Crippen molar-refractivity contribution >= 4 is 133 Å². The molecule has 0 spiro atoms. The first kappa shape index (κ1) is 84.3. The summed E-state index contributed by atoms with van der Waals surface area (Å²) in [6.07, 6.45) is 6.73. The molecule has 4 aliphatic heterocycles. The molecular formula is C82H77B2Cl2F6IN8O12. The Morgan fingerprint density at radius 1 is 0.504 bits per heavy atom. The number of Topliss-reactive ketones (excluding diaryl/α,β-unsaturated/α-hetero) is 2. The van der Waals surface area contributed by atoms with Gasteiger partial charge in [0.05, 0.1) is 80.2 Å². The molecule has 10 heterocycles. The number of hydrogen-bond donors (Lipinski definition) is 2. The molecule has 11 aromatic rings. The molecule has 1 amide bonds. The summed E-state index contributed by atoms with van der Waals surface area (Å²) >= 11 is 13.4. The molecule has 0 bridgehead atoms. The highest BCUT2D eigenvalue weighted by Crippen LogP contribution is 2.41. The lowest BCUT2D eigenvalue weighted by Gasteiger charge is -2.32. The molecule has 5 aromatic carbocycles. The number of nitrogens with zero attached hydrogens (tertiary/aromatic N) is 6. The van der Waals surface area contributed by atoms with Crippen LogP contribution in [0.15, 0.2) is 141 Å². The largest absolute Gasteiger partial charge is 0.497 e. The first-order chi connectivity index (χ1) is 53.5. The van der Waals surface area contributed by atoms with Crippen LogP contribution in [-0.2, 0) is 28.1 Å². The van der Waals surface area contributed by atoms with Gasteiger partial charge in [0.25, 0.3) is 5.91 Å². The average molecular weight is 1700 g/mol. The van der Waals surface area contributed by atoms with Crippen LogP contribution in [0.1, 0.15) is 137 Å². The van der Waals surface area contributed by atoms with E-state index in [0.717, 1.165) is 80.8 Å². The molecule has 15 rings (SSSR count). The van der Waals surface area contributed by atoms with Crippen LogP contribution in [0.5, 0.6) is 0 Å². The van der Waals surface area contributed by atoms with Crippen LogP contribution < -0.4 is 21.6 Å². The number of anilines is 2. The maximum absolute atomic E-state index is 15.0. The van der Waals surface area contributed by atoms with Gasteiger partial charge in [-0.25, -0.2) is 41.3 Å². The highest BCUT2D eigenvalue weighted by Gasteiger charge is 2.53. The molecule has 586 valence electrons. The SMILES string of the molecule is CC(=O)c1ccc(-c2cc3ncc(F)c(-c4ccc(NC5CCOCC5)c(C#N)c4)c3o2)c(F)c1.CC(=O)c1ccc(-c2cc3ncc(F)c(Cl)c3o2)c(F)c1.CC1(C)OB(c2ccc(NC3CCOCC3)c(C#N)c2)OC1(C)C.CN(C)C(=O)c1ccc(B2OC(C)(C)C(C)(C)O2)c(F)c1.Fc1cnc2cc(I)oc2c1Cl. The standard InChI is InChI=1S/C27H21F2N3O3.C18H25BN2O3.C15H21BFNO3.C15H8ClF2NO2.C7H2ClFINO/c1-15(33)16-2-4-20(21(28)11-16)25-12-24-27(35-25)26(22(29)14-31-24)17-3-5-23(18(10-17)13-30)32-19-6-8-34-9-7-19;1-17(2)18(3,4)24-19(23-17)14-5-6-16(13(11-14)12-20)21-15-7-9-22-10-8-15;1-14(2)15(3,4)21-16(20-14)11-8-7-10(9-12(11)17)13(19)18(5)6;1-7(20)8-2-3-9(10(17)4-8)13-5-12-15(21-13)14(16)11(18)6-19-12;8-6-3(9)2-11-4-1-5(10)12-7(4)6/h2-5,10-12,14,19,32H,6-9H2,1H3;5-6,11,15,21H,7-10H2,1-4H3;7-9H,1-6H3;2-6H,1H3;1-2H. The zero-order valence-electron chi connectivity index (χ0n) is 63.6. The van der Waals surface area contributed by atoms with Crippen LogP contribution in [0.4, 0.5) is 37.7 Å². The summed E-state index contributed by atoms with van der Waals surface area (Å²) in [5.41, 5.74) is 5.30. The molecule has 0 aliphatic carbocycles. The number of ether oxygens (including phenoxy) is 2. The number of furan rings is 3. The Kier molecular flexibility index (Phi) is 26.1. The van der Waals surface area contributed by atoms with Crippen molar-refractivity contribution < 1.29 is 82.1 Å². The van der Waals surface area contributed by atoms with Crippen molar-refractivity contribution in [1.82, 2.24) is 19.9 Å². The number of rotatable bonds is 12. The zero-order valence-corrected chi connectivity index (χ0v) is 67.2. The predicted molar refractivity (Wildman–Crippen MR) is 428 cm³/mol. The van der Waals surface area contributed by atoms with Crippen molar-refractivity contribution in [2.24, 2.45) is 0 Å². The molecule has 0 radical (unpaired) electrons. The summed E-state index contributed by atoms with van der Waals surface area (Å²) in [5.74, 6) is -4.05. The normalized spacial score (nSPS) is 16.1. The molecule has 0 unspecified atom stereocenters. The van der Waals surface area contributed by atoms with Gasteiger partial charge in [-0.15, -0.1) is 0 Å². The summed E-state index contributed by atoms with van der Waals surface area (Å²) < 4.78 is 136. The minimum atomic E-state index is -0.765. The van der Waals surface area contributed by atoms with Gasteiger partial charge < -0.3 is 56.9 Å². The van der Waals surface area contributed by atoms with E-state index >= 15 is 4.39 Å². The predicted octanol–water partition coefficient (Wildman–Crippen LogP) is 18.2. The van der Waals surface area contributed by atoms with E-state index in [4.69, 9.17) is 64.5 Å². The van der Waals surface area contributed by atoms with Crippen LogP contribution >= 0.6 is 45.8 Å².